The van der Waals surface area contributed by atoms with Crippen molar-refractivity contribution in [3.05, 3.63) is 30.3 Å². The van der Waals surface area contributed by atoms with Crippen LogP contribution in [0.25, 0.3) is 0 Å². The van der Waals surface area contributed by atoms with Gasteiger partial charge in [-0.05, 0) is 25.5 Å². The average Bonchev–Trinajstić information content (AvgIpc) is 2.42. The number of benzene rings is 1. The van der Waals surface area contributed by atoms with Crippen LogP contribution in [0.3, 0.4) is 0 Å². The Morgan fingerprint density at radius 2 is 1.95 bits per heavy atom. The maximum Gasteiger partial charge on any atom is 0.315 e. The molecule has 4 N–H and O–H groups in total. The predicted molar refractivity (Wildman–Crippen MR) is 77.8 cm³/mol. The van der Waals surface area contributed by atoms with Gasteiger partial charge in [0.1, 0.15) is 0 Å². The molecule has 20 heavy (non-hydrogen) atoms. The van der Waals surface area contributed by atoms with Gasteiger partial charge in [-0.15, -0.1) is 0 Å². The molecule has 0 aliphatic carbocycles. The summed E-state index contributed by atoms with van der Waals surface area (Å²) in [4.78, 5) is 21.8. The van der Waals surface area contributed by atoms with Gasteiger partial charge in [0, 0.05) is 31.2 Å². The Labute approximate surface area is 118 Å². The van der Waals surface area contributed by atoms with Crippen LogP contribution in [0.5, 0.6) is 0 Å². The quantitative estimate of drug-likeness (QED) is 0.545. The maximum atomic E-state index is 11.5. The number of nitrogens with one attached hydrogen (secondary N) is 3. The van der Waals surface area contributed by atoms with Gasteiger partial charge in [-0.1, -0.05) is 18.2 Å². The number of hydrogen-bond acceptors (Lipinski definition) is 3. The molecule has 1 aromatic rings. The smallest absolute Gasteiger partial charge is 0.315 e. The van der Waals surface area contributed by atoms with Gasteiger partial charge in [0.05, 0.1) is 0 Å². The van der Waals surface area contributed by atoms with E-state index in [1.807, 2.05) is 37.3 Å². The minimum absolute atomic E-state index is 0.0327. The van der Waals surface area contributed by atoms with E-state index in [0.29, 0.717) is 19.5 Å². The van der Waals surface area contributed by atoms with Crippen molar-refractivity contribution in [1.29, 1.82) is 0 Å². The summed E-state index contributed by atoms with van der Waals surface area (Å²) in [5.41, 5.74) is 1.00. The third kappa shape index (κ3) is 7.25. The number of carbonyl (C=O) groups is 2. The Hall–Kier alpha value is -2.24. The van der Waals surface area contributed by atoms with Crippen LogP contribution in [0.15, 0.2) is 30.3 Å². The number of anilines is 1. The fourth-order valence-electron chi connectivity index (χ4n) is 1.59. The van der Waals surface area contributed by atoms with Crippen molar-refractivity contribution in [2.24, 2.45) is 0 Å². The SMILES string of the molecule is CC(CNc1ccccc1)NC(=O)NCCCC(=O)O. The highest BCUT2D eigenvalue weighted by atomic mass is 16.4. The fraction of sp³-hybridized carbons (Fsp3) is 0.429. The van der Waals surface area contributed by atoms with E-state index in [2.05, 4.69) is 16.0 Å². The molecular formula is C14H21N3O3. The molecule has 0 heterocycles. The van der Waals surface area contributed by atoms with Gasteiger partial charge in [-0.2, -0.15) is 0 Å². The first-order chi connectivity index (χ1) is 9.58. The molecule has 0 bridgehead atoms. The normalized spacial score (nSPS) is 11.4. The van der Waals surface area contributed by atoms with Crippen LogP contribution in [-0.4, -0.2) is 36.2 Å². The van der Waals surface area contributed by atoms with Gasteiger partial charge in [0.15, 0.2) is 0 Å². The van der Waals surface area contributed by atoms with Crippen LogP contribution in [0.4, 0.5) is 10.5 Å². The van der Waals surface area contributed by atoms with Gasteiger partial charge >= 0.3 is 12.0 Å². The lowest BCUT2D eigenvalue weighted by Gasteiger charge is -2.16. The Bertz CT molecular complexity index is 423. The molecule has 1 unspecified atom stereocenters. The molecule has 6 nitrogen and oxygen atoms in total. The first-order valence-corrected chi connectivity index (χ1v) is 6.63. The van der Waals surface area contributed by atoms with E-state index in [-0.39, 0.29) is 18.5 Å². The van der Waals surface area contributed by atoms with E-state index in [1.165, 1.54) is 0 Å². The second-order valence-corrected chi connectivity index (χ2v) is 4.55. The highest BCUT2D eigenvalue weighted by molar-refractivity contribution is 5.74. The number of aliphatic carboxylic acids is 1. The molecule has 1 aromatic carbocycles. The van der Waals surface area contributed by atoms with Crippen molar-refractivity contribution in [3.63, 3.8) is 0 Å². The van der Waals surface area contributed by atoms with Crippen LogP contribution in [0.2, 0.25) is 0 Å². The van der Waals surface area contributed by atoms with Gasteiger partial charge < -0.3 is 21.1 Å². The first kappa shape index (κ1) is 15.8. The van der Waals surface area contributed by atoms with Gasteiger partial charge in [0.25, 0.3) is 0 Å². The first-order valence-electron chi connectivity index (χ1n) is 6.63. The average molecular weight is 279 g/mol. The minimum Gasteiger partial charge on any atom is -0.481 e. The summed E-state index contributed by atoms with van der Waals surface area (Å²) >= 11 is 0. The zero-order valence-corrected chi connectivity index (χ0v) is 11.6. The van der Waals surface area contributed by atoms with Gasteiger partial charge in [-0.25, -0.2) is 4.79 Å². The molecule has 0 aromatic heterocycles. The number of amides is 2. The lowest BCUT2D eigenvalue weighted by molar-refractivity contribution is -0.137. The molecule has 0 saturated heterocycles. The summed E-state index contributed by atoms with van der Waals surface area (Å²) in [6, 6.07) is 9.42. The Morgan fingerprint density at radius 3 is 2.60 bits per heavy atom. The molecule has 0 aliphatic rings. The number of carboxylic acids is 1. The summed E-state index contributed by atoms with van der Waals surface area (Å²) in [5.74, 6) is -0.854. The summed E-state index contributed by atoms with van der Waals surface area (Å²) < 4.78 is 0. The van der Waals surface area contributed by atoms with E-state index in [4.69, 9.17) is 5.11 Å². The Morgan fingerprint density at radius 1 is 1.25 bits per heavy atom. The van der Waals surface area contributed by atoms with Gasteiger partial charge in [-0.3, -0.25) is 4.79 Å². The molecule has 1 atom stereocenters. The number of carboxylic acid groups (broad SMARTS) is 1. The lowest BCUT2D eigenvalue weighted by Crippen LogP contribution is -2.43. The van der Waals surface area contributed by atoms with Crippen molar-refractivity contribution in [1.82, 2.24) is 10.6 Å². The van der Waals surface area contributed by atoms with Crippen molar-refractivity contribution in [2.45, 2.75) is 25.8 Å². The van der Waals surface area contributed by atoms with Crippen molar-refractivity contribution >= 4 is 17.7 Å². The molecule has 2 amide bonds. The maximum absolute atomic E-state index is 11.5. The summed E-state index contributed by atoms with van der Waals surface area (Å²) in [6.07, 6.45) is 0.491. The standard InChI is InChI=1S/C14H21N3O3/c1-11(10-16-12-6-3-2-4-7-12)17-14(20)15-9-5-8-13(18)19/h2-4,6-7,11,16H,5,8-10H2,1H3,(H,18,19)(H2,15,17,20). The molecule has 0 fully saturated rings. The molecule has 110 valence electrons. The van der Waals surface area contributed by atoms with Crippen LogP contribution in [0, 0.1) is 0 Å². The van der Waals surface area contributed by atoms with E-state index < -0.39 is 5.97 Å². The molecule has 0 radical (unpaired) electrons. The molecule has 0 aliphatic heterocycles. The number of hydrogen-bond donors (Lipinski definition) is 4. The molecule has 0 spiro atoms. The second-order valence-electron chi connectivity index (χ2n) is 4.55. The van der Waals surface area contributed by atoms with E-state index in [1.54, 1.807) is 0 Å². The topological polar surface area (TPSA) is 90.5 Å². The number of carbonyl (C=O) groups excluding carboxylic acids is 1. The predicted octanol–water partition coefficient (Wildman–Crippen LogP) is 1.65. The highest BCUT2D eigenvalue weighted by Gasteiger charge is 2.06. The second kappa shape index (κ2) is 8.79. The summed E-state index contributed by atoms with van der Waals surface area (Å²) in [7, 11) is 0. The molecule has 0 saturated carbocycles. The zero-order valence-electron chi connectivity index (χ0n) is 11.6. The number of urea groups is 1. The molecule has 1 rings (SSSR count). The summed E-state index contributed by atoms with van der Waals surface area (Å²) in [5, 5.41) is 17.1. The third-order valence-electron chi connectivity index (χ3n) is 2.62. The Balaban J connectivity index is 2.13. The third-order valence-corrected chi connectivity index (χ3v) is 2.62. The number of para-hydroxylation sites is 1. The van der Waals surface area contributed by atoms with Crippen LogP contribution in [0.1, 0.15) is 19.8 Å². The molecule has 6 heteroatoms. The van der Waals surface area contributed by atoms with E-state index >= 15 is 0 Å². The summed E-state index contributed by atoms with van der Waals surface area (Å²) in [6.45, 7) is 2.87. The van der Waals surface area contributed by atoms with Crippen LogP contribution >= 0.6 is 0 Å². The highest BCUT2D eigenvalue weighted by Crippen LogP contribution is 2.04. The van der Waals surface area contributed by atoms with Crippen LogP contribution in [-0.2, 0) is 4.79 Å². The molecular weight excluding hydrogens is 258 g/mol. The van der Waals surface area contributed by atoms with E-state index in [9.17, 15) is 9.59 Å². The van der Waals surface area contributed by atoms with Gasteiger partial charge in [0.2, 0.25) is 0 Å². The zero-order chi connectivity index (χ0) is 14.8. The van der Waals surface area contributed by atoms with Crippen molar-refractivity contribution in [2.75, 3.05) is 18.4 Å². The van der Waals surface area contributed by atoms with Crippen molar-refractivity contribution < 1.29 is 14.7 Å². The van der Waals surface area contributed by atoms with Crippen LogP contribution < -0.4 is 16.0 Å². The Kier molecular flexibility index (Phi) is 6.95. The monoisotopic (exact) mass is 279 g/mol. The largest absolute Gasteiger partial charge is 0.481 e. The minimum atomic E-state index is -0.854. The fourth-order valence-corrected chi connectivity index (χ4v) is 1.59. The number of rotatable bonds is 8. The van der Waals surface area contributed by atoms with Crippen molar-refractivity contribution in [3.8, 4) is 0 Å². The van der Waals surface area contributed by atoms with E-state index in [0.717, 1.165) is 5.69 Å². The lowest BCUT2D eigenvalue weighted by atomic mass is 10.3.